The molecule has 0 aliphatic carbocycles. The number of nitrogens with zero attached hydrogens (tertiary/aromatic N) is 1. The van der Waals surface area contributed by atoms with Crippen LogP contribution < -0.4 is 5.73 Å². The number of halogens is 4. The van der Waals surface area contributed by atoms with Crippen molar-refractivity contribution in [3.8, 4) is 11.5 Å². The second-order valence-corrected chi connectivity index (χ2v) is 6.57. The summed E-state index contributed by atoms with van der Waals surface area (Å²) >= 11 is 18.9. The summed E-state index contributed by atoms with van der Waals surface area (Å²) in [6.07, 6.45) is 0. The highest BCUT2D eigenvalue weighted by atomic mass is 79.9. The van der Waals surface area contributed by atoms with Crippen molar-refractivity contribution in [1.82, 2.24) is 4.98 Å². The van der Waals surface area contributed by atoms with E-state index >= 15 is 0 Å². The summed E-state index contributed by atoms with van der Waals surface area (Å²) in [7, 11) is 0. The lowest BCUT2D eigenvalue weighted by atomic mass is 10.2. The van der Waals surface area contributed by atoms with Crippen molar-refractivity contribution in [3.05, 3.63) is 43.3 Å². The summed E-state index contributed by atoms with van der Waals surface area (Å²) in [6, 6.07) is 6.89. The Balaban J connectivity index is 2.28. The van der Waals surface area contributed by atoms with Crippen molar-refractivity contribution in [2.24, 2.45) is 0 Å². The Labute approximate surface area is 141 Å². The first kappa shape index (κ1) is 14.2. The lowest BCUT2D eigenvalue weighted by Crippen LogP contribution is -1.88. The van der Waals surface area contributed by atoms with Crippen LogP contribution in [-0.4, -0.2) is 4.98 Å². The number of fused-ring (bicyclic) bond motifs is 1. The van der Waals surface area contributed by atoms with Crippen LogP contribution in [0.1, 0.15) is 0 Å². The number of benzene rings is 2. The molecule has 0 aliphatic rings. The first-order chi connectivity index (χ1) is 9.47. The zero-order valence-corrected chi connectivity index (χ0v) is 14.4. The summed E-state index contributed by atoms with van der Waals surface area (Å²) in [5.74, 6) is 0.394. The number of rotatable bonds is 1. The second kappa shape index (κ2) is 5.22. The SMILES string of the molecule is Nc1c(Br)cc2oc(-c3cc(Cl)ccc3Cl)nc2c1Br. The van der Waals surface area contributed by atoms with E-state index in [9.17, 15) is 0 Å². The maximum absolute atomic E-state index is 6.16. The third kappa shape index (κ3) is 2.33. The number of hydrogen-bond acceptors (Lipinski definition) is 3. The number of nitrogens with two attached hydrogens (primary N) is 1. The van der Waals surface area contributed by atoms with E-state index in [1.54, 1.807) is 24.3 Å². The van der Waals surface area contributed by atoms with Gasteiger partial charge in [0.05, 0.1) is 20.7 Å². The average molecular weight is 437 g/mol. The molecule has 20 heavy (non-hydrogen) atoms. The highest BCUT2D eigenvalue weighted by molar-refractivity contribution is 9.11. The molecular weight excluding hydrogens is 431 g/mol. The molecule has 0 unspecified atom stereocenters. The molecule has 3 rings (SSSR count). The molecule has 0 saturated carbocycles. The minimum absolute atomic E-state index is 0.394. The van der Waals surface area contributed by atoms with Gasteiger partial charge >= 0.3 is 0 Å². The molecule has 0 saturated heterocycles. The summed E-state index contributed by atoms with van der Waals surface area (Å²) in [4.78, 5) is 4.43. The summed E-state index contributed by atoms with van der Waals surface area (Å²) < 4.78 is 7.15. The van der Waals surface area contributed by atoms with Gasteiger partial charge in [0, 0.05) is 9.50 Å². The van der Waals surface area contributed by atoms with Gasteiger partial charge in [-0.25, -0.2) is 4.98 Å². The minimum Gasteiger partial charge on any atom is -0.436 e. The molecule has 7 heteroatoms. The van der Waals surface area contributed by atoms with E-state index in [1.807, 2.05) is 0 Å². The van der Waals surface area contributed by atoms with Crippen LogP contribution in [0.4, 0.5) is 5.69 Å². The Bertz CT molecular complexity index is 833. The van der Waals surface area contributed by atoms with E-state index in [-0.39, 0.29) is 0 Å². The van der Waals surface area contributed by atoms with Crippen LogP contribution in [0.15, 0.2) is 37.6 Å². The van der Waals surface area contributed by atoms with Crippen LogP contribution in [0.3, 0.4) is 0 Å². The van der Waals surface area contributed by atoms with E-state index in [4.69, 9.17) is 33.4 Å². The lowest BCUT2D eigenvalue weighted by molar-refractivity contribution is 0.619. The molecule has 0 bridgehead atoms. The molecule has 0 atom stereocenters. The van der Waals surface area contributed by atoms with Gasteiger partial charge in [-0.2, -0.15) is 0 Å². The smallest absolute Gasteiger partial charge is 0.228 e. The highest BCUT2D eigenvalue weighted by Gasteiger charge is 2.16. The molecule has 102 valence electrons. The van der Waals surface area contributed by atoms with Crippen molar-refractivity contribution in [2.75, 3.05) is 5.73 Å². The number of nitrogen functional groups attached to an aromatic ring is 1. The Hall–Kier alpha value is -0.750. The van der Waals surface area contributed by atoms with Crippen LogP contribution in [-0.2, 0) is 0 Å². The number of oxazole rings is 1. The third-order valence-corrected chi connectivity index (χ3v) is 4.80. The van der Waals surface area contributed by atoms with E-state index in [1.165, 1.54) is 0 Å². The zero-order chi connectivity index (χ0) is 14.4. The van der Waals surface area contributed by atoms with Crippen molar-refractivity contribution in [1.29, 1.82) is 0 Å². The van der Waals surface area contributed by atoms with Gasteiger partial charge in [0.15, 0.2) is 5.58 Å². The highest BCUT2D eigenvalue weighted by Crippen LogP contribution is 2.39. The summed E-state index contributed by atoms with van der Waals surface area (Å²) in [6.45, 7) is 0. The summed E-state index contributed by atoms with van der Waals surface area (Å²) in [5, 5.41) is 1.08. The van der Waals surface area contributed by atoms with E-state index < -0.39 is 0 Å². The van der Waals surface area contributed by atoms with Crippen LogP contribution in [0.5, 0.6) is 0 Å². The van der Waals surface area contributed by atoms with E-state index in [0.717, 1.165) is 4.47 Å². The maximum atomic E-state index is 6.16. The van der Waals surface area contributed by atoms with Crippen molar-refractivity contribution in [2.45, 2.75) is 0 Å². The Kier molecular flexibility index (Phi) is 3.71. The van der Waals surface area contributed by atoms with Gasteiger partial charge in [0.2, 0.25) is 5.89 Å². The molecule has 0 radical (unpaired) electrons. The fourth-order valence-corrected chi connectivity index (χ4v) is 3.33. The fourth-order valence-electron chi connectivity index (χ4n) is 1.79. The Morgan fingerprint density at radius 1 is 1.15 bits per heavy atom. The van der Waals surface area contributed by atoms with Crippen LogP contribution in [0.25, 0.3) is 22.6 Å². The molecule has 0 fully saturated rings. The van der Waals surface area contributed by atoms with Gasteiger partial charge in [0.1, 0.15) is 5.52 Å². The van der Waals surface area contributed by atoms with Crippen LogP contribution in [0, 0.1) is 0 Å². The second-order valence-electron chi connectivity index (χ2n) is 4.08. The number of hydrogen-bond donors (Lipinski definition) is 1. The minimum atomic E-state index is 0.394. The van der Waals surface area contributed by atoms with Crippen molar-refractivity contribution >= 4 is 71.8 Å². The quantitative estimate of drug-likeness (QED) is 0.482. The Morgan fingerprint density at radius 3 is 2.65 bits per heavy atom. The van der Waals surface area contributed by atoms with Gasteiger partial charge in [-0.15, -0.1) is 0 Å². The van der Waals surface area contributed by atoms with E-state index in [0.29, 0.717) is 42.8 Å². The number of aromatic nitrogens is 1. The molecule has 0 aliphatic heterocycles. The van der Waals surface area contributed by atoms with E-state index in [2.05, 4.69) is 36.8 Å². The topological polar surface area (TPSA) is 52.0 Å². The largest absolute Gasteiger partial charge is 0.436 e. The van der Waals surface area contributed by atoms with Crippen LogP contribution in [0.2, 0.25) is 10.0 Å². The molecule has 2 N–H and O–H groups in total. The van der Waals surface area contributed by atoms with Gasteiger partial charge in [-0.05, 0) is 56.1 Å². The normalized spacial score (nSPS) is 11.2. The number of anilines is 1. The summed E-state index contributed by atoms with van der Waals surface area (Å²) in [5.41, 5.74) is 8.36. The molecule has 1 aromatic heterocycles. The van der Waals surface area contributed by atoms with Gasteiger partial charge in [0.25, 0.3) is 0 Å². The van der Waals surface area contributed by atoms with Crippen molar-refractivity contribution < 1.29 is 4.42 Å². The first-order valence-electron chi connectivity index (χ1n) is 5.47. The maximum Gasteiger partial charge on any atom is 0.228 e. The lowest BCUT2D eigenvalue weighted by Gasteiger charge is -1.99. The fraction of sp³-hybridized carbons (Fsp3) is 0. The predicted molar refractivity (Wildman–Crippen MR) is 89.3 cm³/mol. The molecule has 1 heterocycles. The zero-order valence-electron chi connectivity index (χ0n) is 9.75. The first-order valence-corrected chi connectivity index (χ1v) is 7.81. The van der Waals surface area contributed by atoms with Gasteiger partial charge in [-0.1, -0.05) is 23.2 Å². The predicted octanol–water partition coefficient (Wildman–Crippen LogP) is 5.91. The molecule has 0 spiro atoms. The third-order valence-electron chi connectivity index (χ3n) is 2.77. The molecule has 2 aromatic carbocycles. The molecular formula is C13H6Br2Cl2N2O. The van der Waals surface area contributed by atoms with Crippen molar-refractivity contribution in [3.63, 3.8) is 0 Å². The Morgan fingerprint density at radius 2 is 1.90 bits per heavy atom. The van der Waals surface area contributed by atoms with Gasteiger partial charge in [-0.3, -0.25) is 0 Å². The monoisotopic (exact) mass is 434 g/mol. The molecule has 3 nitrogen and oxygen atoms in total. The average Bonchev–Trinajstić information content (AvgIpc) is 2.83. The standard InChI is InChI=1S/C13H6Br2Cl2N2O/c14-7-4-9-12(10(15)11(7)18)19-13(20-9)6-3-5(16)1-2-8(6)17/h1-4H,18H2. The van der Waals surface area contributed by atoms with Gasteiger partial charge < -0.3 is 10.2 Å². The molecule has 0 amide bonds. The van der Waals surface area contributed by atoms with Crippen LogP contribution >= 0.6 is 55.1 Å². The molecule has 3 aromatic rings.